The third-order valence-electron chi connectivity index (χ3n) is 2.96. The molecule has 1 N–H and O–H groups in total. The third kappa shape index (κ3) is 4.71. The summed E-state index contributed by atoms with van der Waals surface area (Å²) < 4.78 is 0. The maximum atomic E-state index is 11.7. The van der Waals surface area contributed by atoms with Crippen LogP contribution in [-0.2, 0) is 11.3 Å². The number of amides is 1. The van der Waals surface area contributed by atoms with Crippen LogP contribution in [0.15, 0.2) is 24.3 Å². The van der Waals surface area contributed by atoms with Gasteiger partial charge in [-0.2, -0.15) is 0 Å². The summed E-state index contributed by atoms with van der Waals surface area (Å²) >= 11 is 0. The second-order valence-corrected chi connectivity index (χ2v) is 4.58. The lowest BCUT2D eigenvalue weighted by Crippen LogP contribution is -2.36. The molecule has 104 valence electrons. The van der Waals surface area contributed by atoms with Gasteiger partial charge >= 0.3 is 5.97 Å². The molecule has 1 rings (SSSR count). The zero-order chi connectivity index (χ0) is 14.4. The molecule has 0 radical (unpaired) electrons. The Balaban J connectivity index is 2.55. The van der Waals surface area contributed by atoms with Gasteiger partial charge < -0.3 is 10.0 Å². The molecular weight excluding hydrogens is 244 g/mol. The van der Waals surface area contributed by atoms with Crippen LogP contribution < -0.4 is 0 Å². The molecule has 0 bridgehead atoms. The summed E-state index contributed by atoms with van der Waals surface area (Å²) in [5, 5.41) is 8.80. The average Bonchev–Trinajstić information content (AvgIpc) is 2.38. The van der Waals surface area contributed by atoms with E-state index in [0.29, 0.717) is 19.6 Å². The van der Waals surface area contributed by atoms with Gasteiger partial charge in [0, 0.05) is 20.1 Å². The van der Waals surface area contributed by atoms with Crippen LogP contribution in [0.3, 0.4) is 0 Å². The van der Waals surface area contributed by atoms with Crippen LogP contribution >= 0.6 is 0 Å². The fraction of sp³-hybridized carbons (Fsp3) is 0.429. The minimum atomic E-state index is -0.931. The Morgan fingerprint density at radius 1 is 1.16 bits per heavy atom. The lowest BCUT2D eigenvalue weighted by atomic mass is 10.1. The standard InChI is InChI=1S/C14H20N2O3/c1-4-16(3)13(17)10-15(2)9-11-5-7-12(8-6-11)14(18)19/h5-8H,4,9-10H2,1-3H3,(H,18,19). The maximum Gasteiger partial charge on any atom is 0.335 e. The maximum absolute atomic E-state index is 11.7. The van der Waals surface area contributed by atoms with E-state index in [1.165, 1.54) is 0 Å². The van der Waals surface area contributed by atoms with Gasteiger partial charge in [0.25, 0.3) is 0 Å². The van der Waals surface area contributed by atoms with E-state index in [1.807, 2.05) is 18.9 Å². The Kier molecular flexibility index (Phi) is 5.51. The van der Waals surface area contributed by atoms with Crippen molar-refractivity contribution < 1.29 is 14.7 Å². The van der Waals surface area contributed by atoms with E-state index < -0.39 is 5.97 Å². The van der Waals surface area contributed by atoms with Crippen molar-refractivity contribution in [2.24, 2.45) is 0 Å². The molecule has 0 fully saturated rings. The number of carbonyl (C=O) groups excluding carboxylic acids is 1. The molecule has 5 nitrogen and oxygen atoms in total. The smallest absolute Gasteiger partial charge is 0.335 e. The molecular formula is C14H20N2O3. The Morgan fingerprint density at radius 2 is 1.74 bits per heavy atom. The van der Waals surface area contributed by atoms with Crippen LogP contribution in [0.4, 0.5) is 0 Å². The molecule has 0 saturated carbocycles. The fourth-order valence-corrected chi connectivity index (χ4v) is 1.65. The molecule has 1 amide bonds. The van der Waals surface area contributed by atoms with Crippen molar-refractivity contribution in [3.05, 3.63) is 35.4 Å². The summed E-state index contributed by atoms with van der Waals surface area (Å²) in [6.45, 7) is 3.59. The molecule has 0 aliphatic rings. The van der Waals surface area contributed by atoms with Crippen LogP contribution in [-0.4, -0.2) is 54.0 Å². The molecule has 0 unspecified atom stereocenters. The van der Waals surface area contributed by atoms with E-state index in [0.717, 1.165) is 5.56 Å². The van der Waals surface area contributed by atoms with E-state index in [-0.39, 0.29) is 11.5 Å². The van der Waals surface area contributed by atoms with E-state index in [2.05, 4.69) is 0 Å². The van der Waals surface area contributed by atoms with Gasteiger partial charge in [0.2, 0.25) is 5.91 Å². The number of carbonyl (C=O) groups is 2. The molecule has 1 aromatic carbocycles. The highest BCUT2D eigenvalue weighted by atomic mass is 16.4. The molecule has 5 heteroatoms. The minimum absolute atomic E-state index is 0.0761. The highest BCUT2D eigenvalue weighted by Gasteiger charge is 2.10. The predicted octanol–water partition coefficient (Wildman–Crippen LogP) is 1.29. The normalized spacial score (nSPS) is 10.5. The van der Waals surface area contributed by atoms with E-state index in [1.54, 1.807) is 36.2 Å². The molecule has 0 aliphatic heterocycles. The zero-order valence-corrected chi connectivity index (χ0v) is 11.6. The SMILES string of the molecule is CCN(C)C(=O)CN(C)Cc1ccc(C(=O)O)cc1. The Morgan fingerprint density at radius 3 is 2.21 bits per heavy atom. The molecule has 0 spiro atoms. The van der Waals surface area contributed by atoms with Gasteiger partial charge in [-0.05, 0) is 31.7 Å². The Labute approximate surface area is 113 Å². The van der Waals surface area contributed by atoms with Crippen molar-refractivity contribution in [1.29, 1.82) is 0 Å². The second kappa shape index (κ2) is 6.89. The fourth-order valence-electron chi connectivity index (χ4n) is 1.65. The quantitative estimate of drug-likeness (QED) is 0.841. The van der Waals surface area contributed by atoms with Gasteiger partial charge in [-0.25, -0.2) is 4.79 Å². The summed E-state index contributed by atoms with van der Waals surface area (Å²) in [5.74, 6) is -0.855. The number of carboxylic acid groups (broad SMARTS) is 1. The first-order valence-corrected chi connectivity index (χ1v) is 6.18. The van der Waals surface area contributed by atoms with E-state index in [4.69, 9.17) is 5.11 Å². The molecule has 0 aliphatic carbocycles. The number of hydrogen-bond donors (Lipinski definition) is 1. The van der Waals surface area contributed by atoms with Crippen LogP contribution in [0.1, 0.15) is 22.8 Å². The second-order valence-electron chi connectivity index (χ2n) is 4.58. The lowest BCUT2D eigenvalue weighted by molar-refractivity contribution is -0.130. The van der Waals surface area contributed by atoms with Gasteiger partial charge in [0.15, 0.2) is 0 Å². The van der Waals surface area contributed by atoms with Gasteiger partial charge in [0.05, 0.1) is 12.1 Å². The van der Waals surface area contributed by atoms with Crippen molar-refractivity contribution in [1.82, 2.24) is 9.80 Å². The third-order valence-corrected chi connectivity index (χ3v) is 2.96. The van der Waals surface area contributed by atoms with Crippen LogP contribution in [0.25, 0.3) is 0 Å². The van der Waals surface area contributed by atoms with Gasteiger partial charge in [-0.15, -0.1) is 0 Å². The molecule has 0 aromatic heterocycles. The summed E-state index contributed by atoms with van der Waals surface area (Å²) in [6.07, 6.45) is 0. The number of hydrogen-bond acceptors (Lipinski definition) is 3. The van der Waals surface area contributed by atoms with Gasteiger partial charge in [-0.1, -0.05) is 12.1 Å². The van der Waals surface area contributed by atoms with Crippen LogP contribution in [0.5, 0.6) is 0 Å². The van der Waals surface area contributed by atoms with Crippen molar-refractivity contribution in [2.75, 3.05) is 27.2 Å². The summed E-state index contributed by atoms with van der Waals surface area (Å²) in [6, 6.07) is 6.69. The Hall–Kier alpha value is -1.88. The minimum Gasteiger partial charge on any atom is -0.478 e. The number of benzene rings is 1. The first-order valence-electron chi connectivity index (χ1n) is 6.18. The predicted molar refractivity (Wildman–Crippen MR) is 73.0 cm³/mol. The largest absolute Gasteiger partial charge is 0.478 e. The van der Waals surface area contributed by atoms with Crippen LogP contribution in [0, 0.1) is 0 Å². The summed E-state index contributed by atoms with van der Waals surface area (Å²) in [5.41, 5.74) is 1.26. The van der Waals surface area contributed by atoms with Gasteiger partial charge in [-0.3, -0.25) is 9.69 Å². The molecule has 0 heterocycles. The molecule has 1 aromatic rings. The number of rotatable bonds is 6. The van der Waals surface area contributed by atoms with E-state index >= 15 is 0 Å². The molecule has 0 saturated heterocycles. The first kappa shape index (κ1) is 15.2. The summed E-state index contributed by atoms with van der Waals surface area (Å²) in [4.78, 5) is 26.0. The summed E-state index contributed by atoms with van der Waals surface area (Å²) in [7, 11) is 3.64. The van der Waals surface area contributed by atoms with Gasteiger partial charge in [0.1, 0.15) is 0 Å². The van der Waals surface area contributed by atoms with Crippen molar-refractivity contribution in [2.45, 2.75) is 13.5 Å². The van der Waals surface area contributed by atoms with Crippen molar-refractivity contribution >= 4 is 11.9 Å². The highest BCUT2D eigenvalue weighted by molar-refractivity contribution is 5.87. The number of carboxylic acids is 1. The lowest BCUT2D eigenvalue weighted by Gasteiger charge is -2.20. The number of nitrogens with zero attached hydrogens (tertiary/aromatic N) is 2. The van der Waals surface area contributed by atoms with E-state index in [9.17, 15) is 9.59 Å². The molecule has 19 heavy (non-hydrogen) atoms. The van der Waals surface area contributed by atoms with Crippen molar-refractivity contribution in [3.8, 4) is 0 Å². The highest BCUT2D eigenvalue weighted by Crippen LogP contribution is 2.07. The Bertz CT molecular complexity index is 443. The zero-order valence-electron chi connectivity index (χ0n) is 11.6. The van der Waals surface area contributed by atoms with Crippen molar-refractivity contribution in [3.63, 3.8) is 0 Å². The van der Waals surface area contributed by atoms with Crippen LogP contribution in [0.2, 0.25) is 0 Å². The monoisotopic (exact) mass is 264 g/mol. The first-order chi connectivity index (χ1) is 8.93. The number of aromatic carboxylic acids is 1. The number of likely N-dealkylation sites (N-methyl/N-ethyl adjacent to an activating group) is 2. The molecule has 0 atom stereocenters. The topological polar surface area (TPSA) is 60.9 Å². The average molecular weight is 264 g/mol.